The van der Waals surface area contributed by atoms with Crippen LogP contribution < -0.4 is 16.4 Å². The minimum Gasteiger partial charge on any atom is -0.384 e. The predicted octanol–water partition coefficient (Wildman–Crippen LogP) is 1.72. The number of nitrogens with two attached hydrogens (primary N) is 1. The van der Waals surface area contributed by atoms with E-state index in [1.807, 2.05) is 12.1 Å². The second-order valence-corrected chi connectivity index (χ2v) is 5.51. The average molecular weight is 245 g/mol. The van der Waals surface area contributed by atoms with E-state index in [0.29, 0.717) is 11.8 Å². The van der Waals surface area contributed by atoms with Crippen LogP contribution in [0.2, 0.25) is 0 Å². The number of benzene rings is 1. The molecular weight excluding hydrogens is 226 g/mol. The highest BCUT2D eigenvalue weighted by atomic mass is 16.1. The number of rotatable bonds is 4. The molecule has 1 amide bonds. The van der Waals surface area contributed by atoms with Crippen LogP contribution in [0.3, 0.4) is 0 Å². The number of nitrogens with one attached hydrogen (secondary N) is 2. The largest absolute Gasteiger partial charge is 0.384 e. The van der Waals surface area contributed by atoms with E-state index in [1.54, 1.807) is 0 Å². The van der Waals surface area contributed by atoms with E-state index >= 15 is 0 Å². The van der Waals surface area contributed by atoms with E-state index < -0.39 is 0 Å². The minimum atomic E-state index is 0.0829. The Hall–Kier alpha value is -1.55. The maximum atomic E-state index is 11.3. The van der Waals surface area contributed by atoms with Crippen molar-refractivity contribution in [1.82, 2.24) is 0 Å². The maximum Gasteiger partial charge on any atom is 0.228 e. The third kappa shape index (κ3) is 1.97. The highest BCUT2D eigenvalue weighted by Gasteiger charge is 2.35. The third-order valence-electron chi connectivity index (χ3n) is 4.25. The summed E-state index contributed by atoms with van der Waals surface area (Å²) in [5.74, 6) is 0.0829. The van der Waals surface area contributed by atoms with Crippen molar-refractivity contribution in [2.75, 3.05) is 23.7 Å². The summed E-state index contributed by atoms with van der Waals surface area (Å²) in [6.07, 6.45) is 4.23. The zero-order chi connectivity index (χ0) is 12.6. The number of hydrogen-bond donors (Lipinski definition) is 3. The van der Waals surface area contributed by atoms with Gasteiger partial charge in [0, 0.05) is 17.9 Å². The van der Waals surface area contributed by atoms with E-state index in [2.05, 4.69) is 16.7 Å². The number of anilines is 2. The summed E-state index contributed by atoms with van der Waals surface area (Å²) in [6.45, 7) is 1.69. The van der Waals surface area contributed by atoms with Crippen LogP contribution >= 0.6 is 0 Å². The molecule has 0 radical (unpaired) electrons. The second-order valence-electron chi connectivity index (χ2n) is 5.51. The lowest BCUT2D eigenvalue weighted by atomic mass is 9.69. The van der Waals surface area contributed by atoms with Crippen molar-refractivity contribution < 1.29 is 4.79 Å². The Balaban J connectivity index is 1.67. The molecule has 1 aliphatic heterocycles. The molecule has 18 heavy (non-hydrogen) atoms. The smallest absolute Gasteiger partial charge is 0.228 e. The van der Waals surface area contributed by atoms with E-state index in [-0.39, 0.29) is 5.91 Å². The molecule has 0 spiro atoms. The number of carbonyl (C=O) groups is 1. The van der Waals surface area contributed by atoms with Crippen molar-refractivity contribution in [3.8, 4) is 0 Å². The fraction of sp³-hybridized carbons (Fsp3) is 0.500. The Morgan fingerprint density at radius 2 is 2.22 bits per heavy atom. The molecule has 96 valence electrons. The van der Waals surface area contributed by atoms with Gasteiger partial charge in [0.2, 0.25) is 5.91 Å². The first kappa shape index (κ1) is 11.5. The molecule has 0 saturated heterocycles. The van der Waals surface area contributed by atoms with Gasteiger partial charge in [-0.25, -0.2) is 0 Å². The standard InChI is InChI=1S/C14H19N3O/c15-8-14(4-1-5-14)9-16-11-2-3-12-10(6-11)7-13(18)17-12/h2-3,6,16H,1,4-5,7-9,15H2,(H,17,18). The Morgan fingerprint density at radius 3 is 2.89 bits per heavy atom. The van der Waals surface area contributed by atoms with E-state index in [1.165, 1.54) is 19.3 Å². The van der Waals surface area contributed by atoms with Crippen molar-refractivity contribution in [2.24, 2.45) is 11.1 Å². The van der Waals surface area contributed by atoms with Gasteiger partial charge >= 0.3 is 0 Å². The highest BCUT2D eigenvalue weighted by Crippen LogP contribution is 2.40. The number of carbonyl (C=O) groups excluding carboxylic acids is 1. The molecule has 1 heterocycles. The van der Waals surface area contributed by atoms with Gasteiger partial charge in [-0.05, 0) is 48.6 Å². The molecule has 1 saturated carbocycles. The average Bonchev–Trinajstić information content (AvgIpc) is 2.67. The molecule has 3 rings (SSSR count). The SMILES string of the molecule is NCC1(CNc2ccc3c(c2)CC(=O)N3)CCC1. The molecule has 1 fully saturated rings. The normalized spacial score (nSPS) is 19.9. The second kappa shape index (κ2) is 4.28. The van der Waals surface area contributed by atoms with Crippen LogP contribution in [0, 0.1) is 5.41 Å². The summed E-state index contributed by atoms with van der Waals surface area (Å²) < 4.78 is 0. The van der Waals surface area contributed by atoms with Gasteiger partial charge < -0.3 is 16.4 Å². The first-order chi connectivity index (χ1) is 8.71. The predicted molar refractivity (Wildman–Crippen MR) is 72.6 cm³/mol. The summed E-state index contributed by atoms with van der Waals surface area (Å²) in [7, 11) is 0. The Bertz CT molecular complexity index is 474. The molecular formula is C14H19N3O. The highest BCUT2D eigenvalue weighted by molar-refractivity contribution is 5.99. The first-order valence-corrected chi connectivity index (χ1v) is 6.58. The fourth-order valence-corrected chi connectivity index (χ4v) is 2.76. The molecule has 1 aliphatic carbocycles. The quantitative estimate of drug-likeness (QED) is 0.756. The molecule has 0 aromatic heterocycles. The van der Waals surface area contributed by atoms with Gasteiger partial charge in [0.05, 0.1) is 6.42 Å². The molecule has 1 aromatic rings. The molecule has 4 nitrogen and oxygen atoms in total. The van der Waals surface area contributed by atoms with Crippen LogP contribution in [0.25, 0.3) is 0 Å². The van der Waals surface area contributed by atoms with Crippen molar-refractivity contribution >= 4 is 17.3 Å². The zero-order valence-corrected chi connectivity index (χ0v) is 10.5. The van der Waals surface area contributed by atoms with Crippen LogP contribution in [0.5, 0.6) is 0 Å². The molecule has 0 bridgehead atoms. The van der Waals surface area contributed by atoms with Crippen molar-refractivity contribution in [3.05, 3.63) is 23.8 Å². The number of fused-ring (bicyclic) bond motifs is 1. The van der Waals surface area contributed by atoms with E-state index in [0.717, 1.165) is 30.0 Å². The molecule has 0 atom stereocenters. The molecule has 4 N–H and O–H groups in total. The van der Waals surface area contributed by atoms with Gasteiger partial charge in [-0.3, -0.25) is 4.79 Å². The van der Waals surface area contributed by atoms with E-state index in [9.17, 15) is 4.79 Å². The van der Waals surface area contributed by atoms with E-state index in [4.69, 9.17) is 5.73 Å². The van der Waals surface area contributed by atoms with Gasteiger partial charge in [-0.15, -0.1) is 0 Å². The topological polar surface area (TPSA) is 67.1 Å². The Morgan fingerprint density at radius 1 is 1.39 bits per heavy atom. The first-order valence-electron chi connectivity index (χ1n) is 6.58. The minimum absolute atomic E-state index is 0.0829. The van der Waals surface area contributed by atoms with Crippen LogP contribution in [0.1, 0.15) is 24.8 Å². The van der Waals surface area contributed by atoms with Crippen molar-refractivity contribution in [2.45, 2.75) is 25.7 Å². The number of amides is 1. The Labute approximate surface area is 107 Å². The van der Waals surface area contributed by atoms with Gasteiger partial charge in [-0.1, -0.05) is 6.42 Å². The molecule has 0 unspecified atom stereocenters. The summed E-state index contributed by atoms with van der Waals surface area (Å²) in [6, 6.07) is 6.06. The molecule has 4 heteroatoms. The van der Waals surface area contributed by atoms with Gasteiger partial charge in [0.25, 0.3) is 0 Å². The maximum absolute atomic E-state index is 11.3. The monoisotopic (exact) mass is 245 g/mol. The zero-order valence-electron chi connectivity index (χ0n) is 10.5. The van der Waals surface area contributed by atoms with Crippen molar-refractivity contribution in [1.29, 1.82) is 0 Å². The van der Waals surface area contributed by atoms with Crippen LogP contribution in [-0.4, -0.2) is 19.0 Å². The summed E-state index contributed by atoms with van der Waals surface area (Å²) >= 11 is 0. The molecule has 2 aliphatic rings. The van der Waals surface area contributed by atoms with Crippen molar-refractivity contribution in [3.63, 3.8) is 0 Å². The van der Waals surface area contributed by atoms with Gasteiger partial charge in [0.15, 0.2) is 0 Å². The number of hydrogen-bond acceptors (Lipinski definition) is 3. The lowest BCUT2D eigenvalue weighted by Gasteiger charge is -2.41. The van der Waals surface area contributed by atoms with Crippen LogP contribution in [0.15, 0.2) is 18.2 Å². The summed E-state index contributed by atoms with van der Waals surface area (Å²) in [5, 5.41) is 6.31. The summed E-state index contributed by atoms with van der Waals surface area (Å²) in [5.41, 5.74) is 9.26. The van der Waals surface area contributed by atoms with Crippen LogP contribution in [0.4, 0.5) is 11.4 Å². The van der Waals surface area contributed by atoms with Crippen LogP contribution in [-0.2, 0) is 11.2 Å². The lowest BCUT2D eigenvalue weighted by molar-refractivity contribution is -0.115. The summed E-state index contributed by atoms with van der Waals surface area (Å²) in [4.78, 5) is 11.3. The third-order valence-corrected chi connectivity index (χ3v) is 4.25. The molecule has 1 aromatic carbocycles. The fourth-order valence-electron chi connectivity index (χ4n) is 2.76. The Kier molecular flexibility index (Phi) is 2.74. The van der Waals surface area contributed by atoms with Gasteiger partial charge in [-0.2, -0.15) is 0 Å². The van der Waals surface area contributed by atoms with Gasteiger partial charge in [0.1, 0.15) is 0 Å². The lowest BCUT2D eigenvalue weighted by Crippen LogP contribution is -2.42.